The van der Waals surface area contributed by atoms with Crippen LogP contribution < -0.4 is 0 Å². The van der Waals surface area contributed by atoms with Gasteiger partial charge in [-0.1, -0.05) is 6.92 Å². The molecule has 1 saturated heterocycles. The van der Waals surface area contributed by atoms with Gasteiger partial charge in [0.1, 0.15) is 0 Å². The molecule has 1 aliphatic heterocycles. The van der Waals surface area contributed by atoms with Crippen LogP contribution in [0.3, 0.4) is 0 Å². The zero-order valence-electron chi connectivity index (χ0n) is 13.6. The van der Waals surface area contributed by atoms with Crippen molar-refractivity contribution >= 4 is 11.9 Å². The van der Waals surface area contributed by atoms with E-state index in [0.29, 0.717) is 26.2 Å². The van der Waals surface area contributed by atoms with Gasteiger partial charge in [0.05, 0.1) is 31.9 Å². The zero-order valence-corrected chi connectivity index (χ0v) is 13.6. The van der Waals surface area contributed by atoms with E-state index in [9.17, 15) is 9.59 Å². The van der Waals surface area contributed by atoms with E-state index >= 15 is 0 Å². The van der Waals surface area contributed by atoms with Crippen molar-refractivity contribution in [3.8, 4) is 0 Å². The summed E-state index contributed by atoms with van der Waals surface area (Å²) in [5.74, 6) is -0.225. The van der Waals surface area contributed by atoms with E-state index in [0.717, 1.165) is 6.42 Å². The van der Waals surface area contributed by atoms with Gasteiger partial charge in [0.2, 0.25) is 5.91 Å². The smallest absolute Gasteiger partial charge is 0.320 e. The monoisotopic (exact) mass is 300 g/mol. The zero-order chi connectivity index (χ0) is 15.8. The minimum Gasteiger partial charge on any atom is -0.465 e. The van der Waals surface area contributed by atoms with Gasteiger partial charge in [-0.25, -0.2) is 0 Å². The Kier molecular flexibility index (Phi) is 7.67. The number of ether oxygens (including phenoxy) is 2. The Hall–Kier alpha value is -1.14. The fourth-order valence-corrected chi connectivity index (χ4v) is 2.59. The standard InChI is InChI=1S/C15H28N2O4/c1-5-7-16(11-15(19)20-6-2)10-14(18)17-8-12(3)21-13(4)9-17/h12-13H,5-11H2,1-4H3. The molecule has 0 aliphatic carbocycles. The minimum absolute atomic E-state index is 0.0507. The van der Waals surface area contributed by atoms with Crippen molar-refractivity contribution in [2.75, 3.05) is 39.3 Å². The molecule has 0 aromatic heterocycles. The predicted molar refractivity (Wildman–Crippen MR) is 80.0 cm³/mol. The van der Waals surface area contributed by atoms with Gasteiger partial charge in [-0.05, 0) is 33.7 Å². The van der Waals surface area contributed by atoms with Crippen molar-refractivity contribution in [2.45, 2.75) is 46.3 Å². The summed E-state index contributed by atoms with van der Waals surface area (Å²) in [4.78, 5) is 27.7. The second-order valence-electron chi connectivity index (χ2n) is 5.57. The molecule has 1 heterocycles. The molecule has 2 atom stereocenters. The fourth-order valence-electron chi connectivity index (χ4n) is 2.59. The summed E-state index contributed by atoms with van der Waals surface area (Å²) < 4.78 is 10.6. The molecule has 1 amide bonds. The first-order valence-corrected chi connectivity index (χ1v) is 7.77. The lowest BCUT2D eigenvalue weighted by molar-refractivity contribution is -0.148. The van der Waals surface area contributed by atoms with E-state index in [1.54, 1.807) is 6.92 Å². The molecular weight excluding hydrogens is 272 g/mol. The van der Waals surface area contributed by atoms with Crippen molar-refractivity contribution in [2.24, 2.45) is 0 Å². The van der Waals surface area contributed by atoms with E-state index in [-0.39, 0.29) is 37.2 Å². The van der Waals surface area contributed by atoms with Crippen LogP contribution in [0, 0.1) is 0 Å². The normalized spacial score (nSPS) is 22.4. The van der Waals surface area contributed by atoms with Gasteiger partial charge in [0.25, 0.3) is 0 Å². The molecule has 122 valence electrons. The Labute approximate surface area is 127 Å². The molecule has 2 unspecified atom stereocenters. The van der Waals surface area contributed by atoms with Crippen LogP contribution in [-0.2, 0) is 19.1 Å². The quantitative estimate of drug-likeness (QED) is 0.654. The van der Waals surface area contributed by atoms with Gasteiger partial charge in [0, 0.05) is 13.1 Å². The third-order valence-corrected chi connectivity index (χ3v) is 3.33. The average Bonchev–Trinajstić information content (AvgIpc) is 2.37. The number of rotatable bonds is 7. The third kappa shape index (κ3) is 6.44. The van der Waals surface area contributed by atoms with Gasteiger partial charge in [-0.2, -0.15) is 0 Å². The lowest BCUT2D eigenvalue weighted by Gasteiger charge is -2.36. The van der Waals surface area contributed by atoms with Crippen LogP contribution in [-0.4, -0.2) is 73.2 Å². The molecule has 0 saturated carbocycles. The van der Waals surface area contributed by atoms with Crippen LogP contribution in [0.5, 0.6) is 0 Å². The Bertz CT molecular complexity index is 339. The van der Waals surface area contributed by atoms with Gasteiger partial charge in [-0.15, -0.1) is 0 Å². The molecular formula is C15H28N2O4. The SMILES string of the molecule is CCCN(CC(=O)OCC)CC(=O)N1CC(C)OC(C)C1. The van der Waals surface area contributed by atoms with E-state index < -0.39 is 0 Å². The lowest BCUT2D eigenvalue weighted by Crippen LogP contribution is -2.51. The van der Waals surface area contributed by atoms with E-state index in [2.05, 4.69) is 0 Å². The summed E-state index contributed by atoms with van der Waals surface area (Å²) in [6.45, 7) is 10.5. The van der Waals surface area contributed by atoms with E-state index in [1.807, 2.05) is 30.6 Å². The lowest BCUT2D eigenvalue weighted by atomic mass is 10.2. The van der Waals surface area contributed by atoms with E-state index in [4.69, 9.17) is 9.47 Å². The number of amides is 1. The number of carbonyl (C=O) groups is 2. The largest absolute Gasteiger partial charge is 0.465 e. The van der Waals surface area contributed by atoms with Gasteiger partial charge in [-0.3, -0.25) is 14.5 Å². The number of morpholine rings is 1. The molecule has 1 aliphatic rings. The maximum Gasteiger partial charge on any atom is 0.320 e. The highest BCUT2D eigenvalue weighted by molar-refractivity contribution is 5.79. The van der Waals surface area contributed by atoms with E-state index in [1.165, 1.54) is 0 Å². The highest BCUT2D eigenvalue weighted by Gasteiger charge is 2.27. The van der Waals surface area contributed by atoms with Crippen molar-refractivity contribution in [1.29, 1.82) is 0 Å². The number of esters is 1. The summed E-state index contributed by atoms with van der Waals surface area (Å²) in [6, 6.07) is 0. The molecule has 0 aromatic rings. The molecule has 1 rings (SSSR count). The van der Waals surface area contributed by atoms with Crippen LogP contribution in [0.25, 0.3) is 0 Å². The second-order valence-corrected chi connectivity index (χ2v) is 5.57. The van der Waals surface area contributed by atoms with Crippen LogP contribution >= 0.6 is 0 Å². The Morgan fingerprint density at radius 3 is 2.33 bits per heavy atom. The Morgan fingerprint density at radius 1 is 1.19 bits per heavy atom. The van der Waals surface area contributed by atoms with Crippen molar-refractivity contribution in [3.63, 3.8) is 0 Å². The summed E-state index contributed by atoms with van der Waals surface area (Å²) in [5, 5.41) is 0. The number of nitrogens with zero attached hydrogens (tertiary/aromatic N) is 2. The molecule has 0 radical (unpaired) electrons. The van der Waals surface area contributed by atoms with Crippen LogP contribution in [0.15, 0.2) is 0 Å². The topological polar surface area (TPSA) is 59.1 Å². The first-order valence-electron chi connectivity index (χ1n) is 7.77. The highest BCUT2D eigenvalue weighted by Crippen LogP contribution is 2.11. The summed E-state index contributed by atoms with van der Waals surface area (Å²) in [7, 11) is 0. The van der Waals surface area contributed by atoms with Crippen molar-refractivity contribution in [1.82, 2.24) is 9.80 Å². The van der Waals surface area contributed by atoms with Gasteiger partial charge in [0.15, 0.2) is 0 Å². The molecule has 6 heteroatoms. The second kappa shape index (κ2) is 9.00. The summed E-state index contributed by atoms with van der Waals surface area (Å²) >= 11 is 0. The summed E-state index contributed by atoms with van der Waals surface area (Å²) in [5.41, 5.74) is 0. The molecule has 1 fully saturated rings. The molecule has 0 aromatic carbocycles. The third-order valence-electron chi connectivity index (χ3n) is 3.33. The molecule has 0 N–H and O–H groups in total. The van der Waals surface area contributed by atoms with Crippen molar-refractivity contribution in [3.05, 3.63) is 0 Å². The van der Waals surface area contributed by atoms with Gasteiger partial charge >= 0.3 is 5.97 Å². The number of carbonyl (C=O) groups excluding carboxylic acids is 2. The van der Waals surface area contributed by atoms with Crippen molar-refractivity contribution < 1.29 is 19.1 Å². The molecule has 0 spiro atoms. The van der Waals surface area contributed by atoms with Crippen LogP contribution in [0.1, 0.15) is 34.1 Å². The first kappa shape index (κ1) is 17.9. The maximum absolute atomic E-state index is 12.4. The highest BCUT2D eigenvalue weighted by atomic mass is 16.5. The number of hydrogen-bond donors (Lipinski definition) is 0. The summed E-state index contributed by atoms with van der Waals surface area (Å²) in [6.07, 6.45) is 1.01. The molecule has 6 nitrogen and oxygen atoms in total. The Morgan fingerprint density at radius 2 is 1.81 bits per heavy atom. The number of hydrogen-bond acceptors (Lipinski definition) is 5. The maximum atomic E-state index is 12.4. The predicted octanol–water partition coefficient (Wildman–Crippen LogP) is 0.897. The van der Waals surface area contributed by atoms with Crippen LogP contribution in [0.2, 0.25) is 0 Å². The minimum atomic E-state index is -0.275. The average molecular weight is 300 g/mol. The first-order chi connectivity index (χ1) is 9.96. The molecule has 21 heavy (non-hydrogen) atoms. The van der Waals surface area contributed by atoms with Gasteiger partial charge < -0.3 is 14.4 Å². The molecule has 0 bridgehead atoms. The Balaban J connectivity index is 2.52. The van der Waals surface area contributed by atoms with Crippen LogP contribution in [0.4, 0.5) is 0 Å². The fraction of sp³-hybridized carbons (Fsp3) is 0.867.